The lowest BCUT2D eigenvalue weighted by Gasteiger charge is -2.32. The minimum Gasteiger partial charge on any atom is -0.352 e. The fraction of sp³-hybridized carbons (Fsp3) is 0.381. The number of hydrogen-bond donors (Lipinski definition) is 1. The van der Waals surface area contributed by atoms with Crippen molar-refractivity contribution in [3.63, 3.8) is 0 Å². The first-order chi connectivity index (χ1) is 12.1. The van der Waals surface area contributed by atoms with Crippen molar-refractivity contribution in [3.8, 4) is 0 Å². The third kappa shape index (κ3) is 4.83. The molecule has 4 heteroatoms. The van der Waals surface area contributed by atoms with Gasteiger partial charge >= 0.3 is 0 Å². The van der Waals surface area contributed by atoms with Gasteiger partial charge in [0.15, 0.2) is 0 Å². The highest BCUT2D eigenvalue weighted by Crippen LogP contribution is 2.22. The van der Waals surface area contributed by atoms with Gasteiger partial charge in [-0.15, -0.1) is 0 Å². The zero-order chi connectivity index (χ0) is 17.6. The molecule has 0 aliphatic carbocycles. The van der Waals surface area contributed by atoms with Gasteiger partial charge in [0, 0.05) is 24.7 Å². The maximum absolute atomic E-state index is 12.6. The maximum Gasteiger partial charge on any atom is 0.224 e. The van der Waals surface area contributed by atoms with Crippen LogP contribution >= 0.6 is 11.6 Å². The van der Waals surface area contributed by atoms with E-state index in [1.165, 1.54) is 11.1 Å². The Morgan fingerprint density at radius 3 is 2.64 bits per heavy atom. The van der Waals surface area contributed by atoms with Crippen LogP contribution in [-0.4, -0.2) is 23.9 Å². The van der Waals surface area contributed by atoms with E-state index in [0.717, 1.165) is 43.1 Å². The van der Waals surface area contributed by atoms with Gasteiger partial charge in [-0.3, -0.25) is 9.69 Å². The summed E-state index contributed by atoms with van der Waals surface area (Å²) in [6, 6.07) is 16.1. The lowest BCUT2D eigenvalue weighted by atomic mass is 9.96. The van der Waals surface area contributed by atoms with Gasteiger partial charge in [-0.05, 0) is 49.1 Å². The molecule has 1 saturated heterocycles. The van der Waals surface area contributed by atoms with E-state index in [1.807, 2.05) is 30.3 Å². The van der Waals surface area contributed by atoms with Crippen molar-refractivity contribution in [2.45, 2.75) is 32.9 Å². The molecule has 1 heterocycles. The second kappa shape index (κ2) is 8.50. The van der Waals surface area contributed by atoms with E-state index in [2.05, 4.69) is 35.3 Å². The molecule has 1 aliphatic heterocycles. The molecule has 1 amide bonds. The Kier molecular flexibility index (Phi) is 6.11. The van der Waals surface area contributed by atoms with Gasteiger partial charge < -0.3 is 5.32 Å². The van der Waals surface area contributed by atoms with Gasteiger partial charge in [-0.25, -0.2) is 0 Å². The fourth-order valence-electron chi connectivity index (χ4n) is 3.42. The van der Waals surface area contributed by atoms with E-state index in [4.69, 9.17) is 11.6 Å². The van der Waals surface area contributed by atoms with E-state index in [0.29, 0.717) is 6.54 Å². The van der Waals surface area contributed by atoms with E-state index < -0.39 is 0 Å². The third-order valence-electron chi connectivity index (χ3n) is 4.94. The van der Waals surface area contributed by atoms with Crippen LogP contribution in [0.1, 0.15) is 29.5 Å². The Bertz CT molecular complexity index is 731. The van der Waals surface area contributed by atoms with Crippen molar-refractivity contribution in [2.24, 2.45) is 5.92 Å². The van der Waals surface area contributed by atoms with Crippen LogP contribution in [0.5, 0.6) is 0 Å². The minimum atomic E-state index is 0.0558. The smallest absolute Gasteiger partial charge is 0.224 e. The topological polar surface area (TPSA) is 32.3 Å². The van der Waals surface area contributed by atoms with E-state index in [9.17, 15) is 4.79 Å². The summed E-state index contributed by atoms with van der Waals surface area (Å²) < 4.78 is 0. The number of likely N-dealkylation sites (tertiary alicyclic amines) is 1. The normalized spacial score (nSPS) is 18.1. The monoisotopic (exact) mass is 356 g/mol. The average Bonchev–Trinajstić information content (AvgIpc) is 2.63. The van der Waals surface area contributed by atoms with E-state index >= 15 is 0 Å². The van der Waals surface area contributed by atoms with Crippen molar-refractivity contribution >= 4 is 17.5 Å². The Morgan fingerprint density at radius 1 is 1.16 bits per heavy atom. The molecule has 2 aromatic carbocycles. The van der Waals surface area contributed by atoms with Crippen LogP contribution in [0.25, 0.3) is 0 Å². The molecule has 1 aliphatic rings. The van der Waals surface area contributed by atoms with E-state index in [-0.39, 0.29) is 11.8 Å². The van der Waals surface area contributed by atoms with Gasteiger partial charge in [-0.2, -0.15) is 0 Å². The SMILES string of the molecule is Cc1ccccc1CNC(=O)[C@@H]1CCCN(Cc2ccccc2Cl)C1. The molecule has 1 fully saturated rings. The molecule has 0 aromatic heterocycles. The standard InChI is InChI=1S/C21H25ClN2O/c1-16-7-2-3-8-17(16)13-23-21(25)19-10-6-12-24(15-19)14-18-9-4-5-11-20(18)22/h2-5,7-9,11,19H,6,10,12-15H2,1H3,(H,23,25)/t19-/m1/s1. The third-order valence-corrected chi connectivity index (χ3v) is 5.31. The number of amides is 1. The summed E-state index contributed by atoms with van der Waals surface area (Å²) in [7, 11) is 0. The predicted molar refractivity (Wildman–Crippen MR) is 102 cm³/mol. The maximum atomic E-state index is 12.6. The van der Waals surface area contributed by atoms with Crippen molar-refractivity contribution < 1.29 is 4.79 Å². The number of nitrogens with zero attached hydrogens (tertiary/aromatic N) is 1. The van der Waals surface area contributed by atoms with Crippen LogP contribution in [0.2, 0.25) is 5.02 Å². The van der Waals surface area contributed by atoms with Crippen LogP contribution < -0.4 is 5.32 Å². The molecule has 0 radical (unpaired) electrons. The summed E-state index contributed by atoms with van der Waals surface area (Å²) >= 11 is 6.27. The molecule has 1 atom stereocenters. The lowest BCUT2D eigenvalue weighted by molar-refractivity contribution is -0.126. The number of carbonyl (C=O) groups is 1. The van der Waals surface area contributed by atoms with Crippen molar-refractivity contribution in [1.82, 2.24) is 10.2 Å². The molecule has 0 unspecified atom stereocenters. The molecule has 1 N–H and O–H groups in total. The fourth-order valence-corrected chi connectivity index (χ4v) is 3.61. The Hall–Kier alpha value is -1.84. The quantitative estimate of drug-likeness (QED) is 0.871. The number of nitrogens with one attached hydrogen (secondary N) is 1. The minimum absolute atomic E-state index is 0.0558. The Labute approximate surface area is 155 Å². The highest BCUT2D eigenvalue weighted by molar-refractivity contribution is 6.31. The molecular formula is C21H25ClN2O. The summed E-state index contributed by atoms with van der Waals surface area (Å²) in [5, 5.41) is 3.91. The van der Waals surface area contributed by atoms with Gasteiger partial charge in [0.25, 0.3) is 0 Å². The average molecular weight is 357 g/mol. The number of aryl methyl sites for hydroxylation is 1. The highest BCUT2D eigenvalue weighted by Gasteiger charge is 2.25. The Balaban J connectivity index is 1.55. The largest absolute Gasteiger partial charge is 0.352 e. The zero-order valence-electron chi connectivity index (χ0n) is 14.7. The number of piperidine rings is 1. The number of halogens is 1. The molecule has 25 heavy (non-hydrogen) atoms. The van der Waals surface area contributed by atoms with Gasteiger partial charge in [0.1, 0.15) is 0 Å². The van der Waals surface area contributed by atoms with Crippen LogP contribution in [0.3, 0.4) is 0 Å². The molecule has 3 nitrogen and oxygen atoms in total. The summed E-state index contributed by atoms with van der Waals surface area (Å²) in [5.74, 6) is 0.215. The van der Waals surface area contributed by atoms with Crippen LogP contribution in [0.15, 0.2) is 48.5 Å². The molecule has 132 valence electrons. The second-order valence-electron chi connectivity index (χ2n) is 6.81. The lowest BCUT2D eigenvalue weighted by Crippen LogP contribution is -2.42. The summed E-state index contributed by atoms with van der Waals surface area (Å²) in [6.07, 6.45) is 2.01. The van der Waals surface area contributed by atoms with Crippen molar-refractivity contribution in [3.05, 3.63) is 70.2 Å². The highest BCUT2D eigenvalue weighted by atomic mass is 35.5. The predicted octanol–water partition coefficient (Wildman–Crippen LogP) is 4.18. The van der Waals surface area contributed by atoms with Gasteiger partial charge in [0.2, 0.25) is 5.91 Å². The summed E-state index contributed by atoms with van der Waals surface area (Å²) in [6.45, 7) is 5.30. The van der Waals surface area contributed by atoms with E-state index in [1.54, 1.807) is 0 Å². The van der Waals surface area contributed by atoms with Crippen LogP contribution in [-0.2, 0) is 17.9 Å². The summed E-state index contributed by atoms with van der Waals surface area (Å²) in [5.41, 5.74) is 3.52. The number of hydrogen-bond acceptors (Lipinski definition) is 2. The molecular weight excluding hydrogens is 332 g/mol. The first-order valence-corrected chi connectivity index (χ1v) is 9.29. The molecule has 2 aromatic rings. The molecule has 0 saturated carbocycles. The van der Waals surface area contributed by atoms with Gasteiger partial charge in [-0.1, -0.05) is 54.1 Å². The van der Waals surface area contributed by atoms with Gasteiger partial charge in [0.05, 0.1) is 5.92 Å². The number of carbonyl (C=O) groups excluding carboxylic acids is 1. The molecule has 3 rings (SSSR count). The first kappa shape index (κ1) is 18.0. The molecule has 0 spiro atoms. The van der Waals surface area contributed by atoms with Crippen LogP contribution in [0, 0.1) is 12.8 Å². The summed E-state index contributed by atoms with van der Waals surface area (Å²) in [4.78, 5) is 14.9. The first-order valence-electron chi connectivity index (χ1n) is 8.91. The zero-order valence-corrected chi connectivity index (χ0v) is 15.4. The number of rotatable bonds is 5. The Morgan fingerprint density at radius 2 is 1.88 bits per heavy atom. The molecule has 0 bridgehead atoms. The number of benzene rings is 2. The second-order valence-corrected chi connectivity index (χ2v) is 7.22. The van der Waals surface area contributed by atoms with Crippen LogP contribution in [0.4, 0.5) is 0 Å². The van der Waals surface area contributed by atoms with Crippen molar-refractivity contribution in [2.75, 3.05) is 13.1 Å². The van der Waals surface area contributed by atoms with Crippen molar-refractivity contribution in [1.29, 1.82) is 0 Å².